The molecule has 0 unspecified atom stereocenters. The topological polar surface area (TPSA) is 48.0 Å². The Morgan fingerprint density at radius 2 is 1.02 bits per heavy atom. The molecular formula is C42H23F6N5. The van der Waals surface area contributed by atoms with Crippen LogP contribution < -0.4 is 0 Å². The highest BCUT2D eigenvalue weighted by Crippen LogP contribution is 2.41. The van der Waals surface area contributed by atoms with Gasteiger partial charge in [0.25, 0.3) is 0 Å². The van der Waals surface area contributed by atoms with E-state index in [-0.39, 0.29) is 23.0 Å². The van der Waals surface area contributed by atoms with E-state index in [1.807, 2.05) is 83.4 Å². The van der Waals surface area contributed by atoms with Crippen molar-refractivity contribution >= 4 is 27.5 Å². The number of hydrogen-bond donors (Lipinski definition) is 0. The summed E-state index contributed by atoms with van der Waals surface area (Å²) < 4.78 is 84.3. The first kappa shape index (κ1) is 33.3. The van der Waals surface area contributed by atoms with E-state index in [0.717, 1.165) is 34.2 Å². The van der Waals surface area contributed by atoms with E-state index in [4.69, 9.17) is 21.5 Å². The van der Waals surface area contributed by atoms with Gasteiger partial charge in [-0.15, -0.1) is 0 Å². The highest BCUT2D eigenvalue weighted by Gasteiger charge is 2.37. The molecule has 0 saturated carbocycles. The molecule has 0 saturated heterocycles. The molecule has 8 aromatic rings. The molecule has 0 bridgehead atoms. The molecule has 0 amide bonds. The average Bonchev–Trinajstić information content (AvgIpc) is 3.51. The molecule has 0 atom stereocenters. The van der Waals surface area contributed by atoms with Crippen molar-refractivity contribution in [2.24, 2.45) is 0 Å². The molecule has 0 N–H and O–H groups in total. The molecule has 53 heavy (non-hydrogen) atoms. The van der Waals surface area contributed by atoms with Crippen molar-refractivity contribution in [1.29, 1.82) is 0 Å². The largest absolute Gasteiger partial charge is 0.416 e. The summed E-state index contributed by atoms with van der Waals surface area (Å²) in [6, 6.07) is 37.8. The number of rotatable bonds is 5. The second-order valence-electron chi connectivity index (χ2n) is 12.2. The lowest BCUT2D eigenvalue weighted by molar-refractivity contribution is -0.143. The minimum absolute atomic E-state index is 0.121. The molecule has 6 aromatic carbocycles. The number of nitrogens with zero attached hydrogens (tertiary/aromatic N) is 5. The summed E-state index contributed by atoms with van der Waals surface area (Å²) in [5, 5.41) is 1.33. The minimum atomic E-state index is -4.98. The van der Waals surface area contributed by atoms with Crippen LogP contribution in [0.2, 0.25) is 0 Å². The summed E-state index contributed by atoms with van der Waals surface area (Å²) >= 11 is 0. The van der Waals surface area contributed by atoms with Crippen molar-refractivity contribution in [3.63, 3.8) is 0 Å². The molecule has 2 heterocycles. The van der Waals surface area contributed by atoms with Crippen LogP contribution >= 0.6 is 0 Å². The van der Waals surface area contributed by atoms with Crippen molar-refractivity contribution < 1.29 is 26.3 Å². The maximum absolute atomic E-state index is 13.7. The quantitative estimate of drug-likeness (QED) is 0.132. The lowest BCUT2D eigenvalue weighted by atomic mass is 9.97. The molecule has 0 fully saturated rings. The van der Waals surface area contributed by atoms with E-state index in [1.165, 1.54) is 6.07 Å². The van der Waals surface area contributed by atoms with E-state index in [1.54, 1.807) is 36.4 Å². The fourth-order valence-electron chi connectivity index (χ4n) is 6.42. The zero-order valence-corrected chi connectivity index (χ0v) is 27.3. The van der Waals surface area contributed by atoms with E-state index in [0.29, 0.717) is 39.5 Å². The third kappa shape index (κ3) is 6.25. The predicted molar refractivity (Wildman–Crippen MR) is 192 cm³/mol. The van der Waals surface area contributed by atoms with E-state index in [2.05, 4.69) is 4.85 Å². The Morgan fingerprint density at radius 1 is 0.472 bits per heavy atom. The molecular weight excluding hydrogens is 688 g/mol. The second kappa shape index (κ2) is 12.8. The van der Waals surface area contributed by atoms with Crippen LogP contribution in [0.5, 0.6) is 0 Å². The average molecular weight is 712 g/mol. The van der Waals surface area contributed by atoms with Gasteiger partial charge in [0.15, 0.2) is 23.2 Å². The summed E-state index contributed by atoms with van der Waals surface area (Å²) in [5.41, 5.74) is 1.46. The Labute approximate surface area is 298 Å². The number of aromatic nitrogens is 4. The van der Waals surface area contributed by atoms with Gasteiger partial charge in [-0.05, 0) is 59.7 Å². The SMILES string of the molecule is [C-]#[N+]c1ccc(-n2c3ccccc3c3cc(-c4cc(C(F)(F)F)cc(C(F)(F)F)c4)ccc32)cc1-c1nc(-c2ccccc2)nc(-c2ccccc2)n1. The van der Waals surface area contributed by atoms with Crippen LogP contribution in [0.4, 0.5) is 32.0 Å². The molecule has 0 aliphatic carbocycles. The lowest BCUT2D eigenvalue weighted by Gasteiger charge is -2.15. The van der Waals surface area contributed by atoms with Gasteiger partial charge in [-0.25, -0.2) is 19.8 Å². The third-order valence-electron chi connectivity index (χ3n) is 8.89. The molecule has 0 radical (unpaired) electrons. The number of fused-ring (bicyclic) bond motifs is 3. The fourth-order valence-corrected chi connectivity index (χ4v) is 6.42. The number of para-hydroxylation sites is 1. The zero-order valence-electron chi connectivity index (χ0n) is 27.3. The molecule has 8 rings (SSSR count). The van der Waals surface area contributed by atoms with Crippen LogP contribution in [0.3, 0.4) is 0 Å². The monoisotopic (exact) mass is 711 g/mol. The van der Waals surface area contributed by atoms with Crippen LogP contribution in [0.25, 0.3) is 77.6 Å². The first-order chi connectivity index (χ1) is 25.5. The van der Waals surface area contributed by atoms with Gasteiger partial charge in [-0.3, -0.25) is 0 Å². The molecule has 0 aliphatic heterocycles. The molecule has 11 heteroatoms. The van der Waals surface area contributed by atoms with Crippen LogP contribution in [0, 0.1) is 6.57 Å². The van der Waals surface area contributed by atoms with Gasteiger partial charge in [0.2, 0.25) is 0 Å². The number of halogens is 6. The van der Waals surface area contributed by atoms with Crippen LogP contribution in [0.1, 0.15) is 11.1 Å². The van der Waals surface area contributed by atoms with Crippen molar-refractivity contribution in [1.82, 2.24) is 19.5 Å². The standard InChI is InChI=1S/C42H23F6N5/c1-49-35-18-17-31(24-34(35)40-51-38(25-10-4-2-5-11-25)50-39(52-40)26-12-6-3-7-13-26)53-36-15-9-8-14-32(36)33-22-27(16-19-37(33)53)28-20-29(41(43,44)45)23-30(21-28)42(46,47)48/h2-24H. The first-order valence-electron chi connectivity index (χ1n) is 16.2. The van der Waals surface area contributed by atoms with E-state index >= 15 is 0 Å². The Kier molecular flexibility index (Phi) is 8.03. The van der Waals surface area contributed by atoms with Crippen LogP contribution in [0.15, 0.2) is 140 Å². The molecule has 0 aliphatic rings. The Hall–Kier alpha value is -6.80. The highest BCUT2D eigenvalue weighted by molar-refractivity contribution is 6.10. The van der Waals surface area contributed by atoms with Gasteiger partial charge in [-0.1, -0.05) is 91.0 Å². The van der Waals surface area contributed by atoms with Gasteiger partial charge in [0.05, 0.1) is 28.7 Å². The normalized spacial score (nSPS) is 11.9. The maximum atomic E-state index is 13.7. The van der Waals surface area contributed by atoms with E-state index < -0.39 is 23.5 Å². The van der Waals surface area contributed by atoms with Crippen LogP contribution in [-0.4, -0.2) is 19.5 Å². The number of alkyl halides is 6. The minimum Gasteiger partial charge on any atom is -0.309 e. The zero-order chi connectivity index (χ0) is 36.9. The van der Waals surface area contributed by atoms with Gasteiger partial charge >= 0.3 is 12.4 Å². The molecule has 5 nitrogen and oxygen atoms in total. The maximum Gasteiger partial charge on any atom is 0.416 e. The summed E-state index contributed by atoms with van der Waals surface area (Å²) in [4.78, 5) is 18.2. The number of hydrogen-bond acceptors (Lipinski definition) is 3. The summed E-state index contributed by atoms with van der Waals surface area (Å²) in [6.07, 6.45) is -9.96. The lowest BCUT2D eigenvalue weighted by Crippen LogP contribution is -2.11. The third-order valence-corrected chi connectivity index (χ3v) is 8.89. The Bertz CT molecular complexity index is 2620. The molecule has 2 aromatic heterocycles. The predicted octanol–water partition coefficient (Wildman–Crippen LogP) is 12.2. The fraction of sp³-hybridized carbons (Fsp3) is 0.0476. The Morgan fingerprint density at radius 3 is 1.60 bits per heavy atom. The van der Waals surface area contributed by atoms with Crippen molar-refractivity contribution in [3.05, 3.63) is 162 Å². The van der Waals surface area contributed by atoms with Crippen molar-refractivity contribution in [3.8, 4) is 51.0 Å². The molecule has 258 valence electrons. The van der Waals surface area contributed by atoms with Gasteiger partial charge in [-0.2, -0.15) is 26.3 Å². The van der Waals surface area contributed by atoms with Gasteiger partial charge in [0.1, 0.15) is 0 Å². The summed E-state index contributed by atoms with van der Waals surface area (Å²) in [6.45, 7) is 8.00. The Balaban J connectivity index is 1.32. The first-order valence-corrected chi connectivity index (χ1v) is 16.2. The van der Waals surface area contributed by atoms with Crippen molar-refractivity contribution in [2.45, 2.75) is 12.4 Å². The highest BCUT2D eigenvalue weighted by atomic mass is 19.4. The smallest absolute Gasteiger partial charge is 0.309 e. The van der Waals surface area contributed by atoms with Gasteiger partial charge < -0.3 is 4.57 Å². The number of benzene rings is 6. The van der Waals surface area contributed by atoms with Crippen molar-refractivity contribution in [2.75, 3.05) is 0 Å². The summed E-state index contributed by atoms with van der Waals surface area (Å²) in [7, 11) is 0. The van der Waals surface area contributed by atoms with E-state index in [9.17, 15) is 26.3 Å². The van der Waals surface area contributed by atoms with Crippen LogP contribution in [-0.2, 0) is 12.4 Å². The summed E-state index contributed by atoms with van der Waals surface area (Å²) in [5.74, 6) is 1.12. The molecule has 0 spiro atoms. The van der Waals surface area contributed by atoms with Gasteiger partial charge in [0, 0.05) is 33.2 Å². The second-order valence-corrected chi connectivity index (χ2v) is 12.2.